The Morgan fingerprint density at radius 2 is 1.23 bits per heavy atom. The number of ether oxygens (including phenoxy) is 3. The number of benzene rings is 2. The highest BCUT2D eigenvalue weighted by Crippen LogP contribution is 2.12. The predicted octanol–water partition coefficient (Wildman–Crippen LogP) is 4.13. The fourth-order valence-corrected chi connectivity index (χ4v) is 2.05. The molecule has 0 amide bonds. The average Bonchev–Trinajstić information content (AvgIpc) is 2.56. The molecule has 0 aromatic heterocycles. The summed E-state index contributed by atoms with van der Waals surface area (Å²) in [7, 11) is 1.67. The van der Waals surface area contributed by atoms with Gasteiger partial charge in [0, 0.05) is 13.2 Å². The Morgan fingerprint density at radius 1 is 0.727 bits per heavy atom. The Morgan fingerprint density at radius 3 is 1.73 bits per heavy atom. The van der Waals surface area contributed by atoms with Crippen LogP contribution < -0.4 is 4.74 Å². The molecule has 2 rings (SSSR count). The normalized spacial score (nSPS) is 10.6. The molecule has 0 heterocycles. The van der Waals surface area contributed by atoms with Crippen molar-refractivity contribution in [2.75, 3.05) is 20.3 Å². The van der Waals surface area contributed by atoms with E-state index in [4.69, 9.17) is 14.2 Å². The summed E-state index contributed by atoms with van der Waals surface area (Å²) >= 11 is 0. The first-order valence-electron chi connectivity index (χ1n) is 7.62. The number of methoxy groups -OCH3 is 1. The zero-order valence-corrected chi connectivity index (χ0v) is 13.4. The van der Waals surface area contributed by atoms with E-state index in [2.05, 4.69) is 31.2 Å². The molecule has 22 heavy (non-hydrogen) atoms. The van der Waals surface area contributed by atoms with Crippen LogP contribution in [0.3, 0.4) is 0 Å². The number of aryl methyl sites for hydroxylation is 1. The highest BCUT2D eigenvalue weighted by molar-refractivity contribution is 5.26. The van der Waals surface area contributed by atoms with Crippen LogP contribution in [0.25, 0.3) is 0 Å². The van der Waals surface area contributed by atoms with Crippen LogP contribution >= 0.6 is 0 Å². The lowest BCUT2D eigenvalue weighted by Crippen LogP contribution is -2.01. The van der Waals surface area contributed by atoms with Crippen LogP contribution in [0.15, 0.2) is 48.5 Å². The summed E-state index contributed by atoms with van der Waals surface area (Å²) in [4.78, 5) is 0. The van der Waals surface area contributed by atoms with Gasteiger partial charge < -0.3 is 14.2 Å². The van der Waals surface area contributed by atoms with E-state index in [1.807, 2.05) is 24.3 Å². The largest absolute Gasteiger partial charge is 0.497 e. The van der Waals surface area contributed by atoms with Crippen LogP contribution in [0.5, 0.6) is 5.75 Å². The van der Waals surface area contributed by atoms with Gasteiger partial charge in [-0.15, -0.1) is 0 Å². The fraction of sp³-hybridized carbons (Fsp3) is 0.368. The minimum absolute atomic E-state index is 0.627. The molecule has 0 aliphatic carbocycles. The van der Waals surface area contributed by atoms with Gasteiger partial charge in [0.05, 0.1) is 20.3 Å². The molecular formula is C19H24O3. The molecule has 0 fully saturated rings. The molecule has 0 aliphatic rings. The Hall–Kier alpha value is -1.84. The maximum atomic E-state index is 5.65. The molecular weight excluding hydrogens is 276 g/mol. The molecule has 0 unspecified atom stereocenters. The molecule has 2 aromatic rings. The molecule has 0 saturated carbocycles. The van der Waals surface area contributed by atoms with Gasteiger partial charge in [0.2, 0.25) is 0 Å². The van der Waals surface area contributed by atoms with Crippen molar-refractivity contribution in [2.24, 2.45) is 0 Å². The van der Waals surface area contributed by atoms with E-state index in [9.17, 15) is 0 Å². The second kappa shape index (κ2) is 9.23. The van der Waals surface area contributed by atoms with E-state index in [1.165, 1.54) is 11.1 Å². The van der Waals surface area contributed by atoms with Gasteiger partial charge in [-0.1, -0.05) is 42.0 Å². The smallest absolute Gasteiger partial charge is 0.118 e. The van der Waals surface area contributed by atoms with Crippen molar-refractivity contribution >= 4 is 0 Å². The SMILES string of the molecule is COc1ccc(COCCCOCc2ccc(C)cc2)cc1. The molecule has 0 atom stereocenters. The van der Waals surface area contributed by atoms with E-state index in [0.29, 0.717) is 19.8 Å². The van der Waals surface area contributed by atoms with Gasteiger partial charge in [-0.2, -0.15) is 0 Å². The summed E-state index contributed by atoms with van der Waals surface area (Å²) in [6.07, 6.45) is 0.905. The molecule has 0 N–H and O–H groups in total. The molecule has 0 bridgehead atoms. The highest BCUT2D eigenvalue weighted by Gasteiger charge is 1.96. The van der Waals surface area contributed by atoms with E-state index in [0.717, 1.165) is 24.3 Å². The minimum atomic E-state index is 0.627. The fourth-order valence-electron chi connectivity index (χ4n) is 2.05. The van der Waals surface area contributed by atoms with Gasteiger partial charge >= 0.3 is 0 Å². The molecule has 2 aromatic carbocycles. The van der Waals surface area contributed by atoms with Gasteiger partial charge in [-0.05, 0) is 36.6 Å². The van der Waals surface area contributed by atoms with Crippen molar-refractivity contribution < 1.29 is 14.2 Å². The lowest BCUT2D eigenvalue weighted by atomic mass is 10.2. The zero-order valence-electron chi connectivity index (χ0n) is 13.4. The molecule has 0 saturated heterocycles. The zero-order chi connectivity index (χ0) is 15.6. The summed E-state index contributed by atoms with van der Waals surface area (Å²) < 4.78 is 16.4. The second-order valence-corrected chi connectivity index (χ2v) is 5.29. The van der Waals surface area contributed by atoms with Gasteiger partial charge in [0.1, 0.15) is 5.75 Å². The molecule has 3 nitrogen and oxygen atoms in total. The van der Waals surface area contributed by atoms with Crippen LogP contribution in [0.1, 0.15) is 23.1 Å². The summed E-state index contributed by atoms with van der Waals surface area (Å²) in [6.45, 7) is 4.81. The van der Waals surface area contributed by atoms with Crippen LogP contribution in [-0.4, -0.2) is 20.3 Å². The quantitative estimate of drug-likeness (QED) is 0.652. The van der Waals surface area contributed by atoms with E-state index < -0.39 is 0 Å². The maximum absolute atomic E-state index is 5.65. The molecule has 0 radical (unpaired) electrons. The summed E-state index contributed by atoms with van der Waals surface area (Å²) in [5.74, 6) is 0.869. The van der Waals surface area contributed by atoms with Gasteiger partial charge in [0.25, 0.3) is 0 Å². The number of hydrogen-bond donors (Lipinski definition) is 0. The van der Waals surface area contributed by atoms with Crippen molar-refractivity contribution in [1.29, 1.82) is 0 Å². The lowest BCUT2D eigenvalue weighted by Gasteiger charge is -2.07. The third-order valence-electron chi connectivity index (χ3n) is 3.39. The van der Waals surface area contributed by atoms with Crippen LogP contribution in [0.4, 0.5) is 0 Å². The lowest BCUT2D eigenvalue weighted by molar-refractivity contribution is 0.0695. The third-order valence-corrected chi connectivity index (χ3v) is 3.39. The van der Waals surface area contributed by atoms with Crippen LogP contribution in [0.2, 0.25) is 0 Å². The van der Waals surface area contributed by atoms with E-state index >= 15 is 0 Å². The van der Waals surface area contributed by atoms with Crippen LogP contribution in [-0.2, 0) is 22.7 Å². The Bertz CT molecular complexity index is 532. The van der Waals surface area contributed by atoms with Gasteiger partial charge in [0.15, 0.2) is 0 Å². The molecule has 0 aliphatic heterocycles. The summed E-state index contributed by atoms with van der Waals surface area (Å²) in [6, 6.07) is 16.4. The highest BCUT2D eigenvalue weighted by atomic mass is 16.5. The monoisotopic (exact) mass is 300 g/mol. The number of hydrogen-bond acceptors (Lipinski definition) is 3. The van der Waals surface area contributed by atoms with E-state index in [-0.39, 0.29) is 0 Å². The van der Waals surface area contributed by atoms with Crippen molar-refractivity contribution in [2.45, 2.75) is 26.6 Å². The molecule has 118 valence electrons. The minimum Gasteiger partial charge on any atom is -0.497 e. The second-order valence-electron chi connectivity index (χ2n) is 5.29. The number of rotatable bonds is 9. The standard InChI is InChI=1S/C19H24O3/c1-16-4-6-17(7-5-16)14-21-12-3-13-22-15-18-8-10-19(20-2)11-9-18/h4-11H,3,12-15H2,1-2H3. The van der Waals surface area contributed by atoms with Crippen molar-refractivity contribution in [3.8, 4) is 5.75 Å². The third kappa shape index (κ3) is 5.88. The predicted molar refractivity (Wildman–Crippen MR) is 88.1 cm³/mol. The first-order valence-corrected chi connectivity index (χ1v) is 7.62. The van der Waals surface area contributed by atoms with Crippen LogP contribution in [0, 0.1) is 6.92 Å². The average molecular weight is 300 g/mol. The van der Waals surface area contributed by atoms with Crippen molar-refractivity contribution in [3.05, 3.63) is 65.2 Å². The first kappa shape index (κ1) is 16.5. The topological polar surface area (TPSA) is 27.7 Å². The van der Waals surface area contributed by atoms with Crippen molar-refractivity contribution in [1.82, 2.24) is 0 Å². The Labute approximate surface area is 132 Å². The first-order chi connectivity index (χ1) is 10.8. The van der Waals surface area contributed by atoms with Gasteiger partial charge in [-0.3, -0.25) is 0 Å². The Balaban J connectivity index is 1.52. The summed E-state index contributed by atoms with van der Waals surface area (Å²) in [5, 5.41) is 0. The summed E-state index contributed by atoms with van der Waals surface area (Å²) in [5.41, 5.74) is 3.64. The van der Waals surface area contributed by atoms with Gasteiger partial charge in [-0.25, -0.2) is 0 Å². The maximum Gasteiger partial charge on any atom is 0.118 e. The van der Waals surface area contributed by atoms with E-state index in [1.54, 1.807) is 7.11 Å². The molecule has 3 heteroatoms. The molecule has 0 spiro atoms. The van der Waals surface area contributed by atoms with Crippen molar-refractivity contribution in [3.63, 3.8) is 0 Å². The Kier molecular flexibility index (Phi) is 6.94.